The van der Waals surface area contributed by atoms with E-state index in [-0.39, 0.29) is 0 Å². The topological polar surface area (TPSA) is 24.5 Å². The van der Waals surface area contributed by atoms with Gasteiger partial charge in [-0.3, -0.25) is 4.90 Å². The smallest absolute Gasteiger partial charge is 0.0509 e. The fourth-order valence-electron chi connectivity index (χ4n) is 3.59. The zero-order valence-electron chi connectivity index (χ0n) is 13.2. The van der Waals surface area contributed by atoms with Crippen LogP contribution in [0, 0.1) is 11.8 Å². The maximum Gasteiger partial charge on any atom is 0.0509 e. The van der Waals surface area contributed by atoms with Gasteiger partial charge in [0, 0.05) is 37.8 Å². The third kappa shape index (κ3) is 3.50. The lowest BCUT2D eigenvalue weighted by Gasteiger charge is -2.46. The molecule has 0 saturated carbocycles. The van der Waals surface area contributed by atoms with E-state index in [2.05, 4.69) is 37.9 Å². The van der Waals surface area contributed by atoms with Crippen LogP contribution < -0.4 is 5.32 Å². The molecule has 2 aliphatic heterocycles. The van der Waals surface area contributed by atoms with E-state index in [0.29, 0.717) is 18.1 Å². The molecule has 2 saturated heterocycles. The van der Waals surface area contributed by atoms with Crippen molar-refractivity contribution in [2.45, 2.75) is 65.1 Å². The molecular weight excluding hydrogens is 236 g/mol. The highest BCUT2D eigenvalue weighted by atomic mass is 16.5. The summed E-state index contributed by atoms with van der Waals surface area (Å²) in [5.41, 5.74) is 0. The summed E-state index contributed by atoms with van der Waals surface area (Å²) in [5, 5.41) is 3.77. The lowest BCUT2D eigenvalue weighted by Crippen LogP contribution is -2.61. The van der Waals surface area contributed by atoms with Crippen LogP contribution in [0.2, 0.25) is 0 Å². The zero-order chi connectivity index (χ0) is 13.8. The van der Waals surface area contributed by atoms with Crippen molar-refractivity contribution in [1.29, 1.82) is 0 Å². The van der Waals surface area contributed by atoms with Crippen LogP contribution in [0.1, 0.15) is 47.0 Å². The van der Waals surface area contributed by atoms with Crippen LogP contribution in [0.25, 0.3) is 0 Å². The van der Waals surface area contributed by atoms with Gasteiger partial charge in [0.05, 0.1) is 6.61 Å². The van der Waals surface area contributed by atoms with Gasteiger partial charge in [0.15, 0.2) is 0 Å². The van der Waals surface area contributed by atoms with Crippen molar-refractivity contribution in [2.24, 2.45) is 11.8 Å². The zero-order valence-corrected chi connectivity index (χ0v) is 13.2. The van der Waals surface area contributed by atoms with E-state index < -0.39 is 0 Å². The molecule has 2 fully saturated rings. The average molecular weight is 268 g/mol. The average Bonchev–Trinajstić information content (AvgIpc) is 2.99. The molecule has 0 aromatic heterocycles. The molecule has 2 rings (SSSR count). The lowest BCUT2D eigenvalue weighted by molar-refractivity contribution is 0.0416. The van der Waals surface area contributed by atoms with Crippen molar-refractivity contribution < 1.29 is 4.74 Å². The van der Waals surface area contributed by atoms with Crippen molar-refractivity contribution in [1.82, 2.24) is 10.2 Å². The van der Waals surface area contributed by atoms with Gasteiger partial charge in [0.1, 0.15) is 0 Å². The van der Waals surface area contributed by atoms with Crippen LogP contribution in [0.4, 0.5) is 0 Å². The molecule has 0 amide bonds. The first-order valence-electron chi connectivity index (χ1n) is 8.24. The molecule has 0 bridgehead atoms. The van der Waals surface area contributed by atoms with Crippen molar-refractivity contribution in [3.05, 3.63) is 0 Å². The van der Waals surface area contributed by atoms with Crippen LogP contribution >= 0.6 is 0 Å². The van der Waals surface area contributed by atoms with Gasteiger partial charge < -0.3 is 10.1 Å². The highest BCUT2D eigenvalue weighted by molar-refractivity contribution is 4.92. The van der Waals surface area contributed by atoms with E-state index in [1.807, 2.05) is 0 Å². The molecule has 0 aromatic rings. The fraction of sp³-hybridized carbons (Fsp3) is 1.00. The van der Waals surface area contributed by atoms with E-state index >= 15 is 0 Å². The number of nitrogens with one attached hydrogen (secondary N) is 1. The highest BCUT2D eigenvalue weighted by Gasteiger charge is 2.35. The Bertz CT molecular complexity index is 265. The summed E-state index contributed by atoms with van der Waals surface area (Å²) in [6, 6.07) is 2.04. The second-order valence-corrected chi connectivity index (χ2v) is 6.52. The molecule has 3 heteroatoms. The molecule has 0 aliphatic carbocycles. The summed E-state index contributed by atoms with van der Waals surface area (Å²) in [6.45, 7) is 13.7. The number of ether oxygens (including phenoxy) is 1. The van der Waals surface area contributed by atoms with Gasteiger partial charge in [0.25, 0.3) is 0 Å². The van der Waals surface area contributed by atoms with Crippen molar-refractivity contribution >= 4 is 0 Å². The Labute approximate surface area is 119 Å². The summed E-state index contributed by atoms with van der Waals surface area (Å²) in [5.74, 6) is 1.51. The molecular formula is C16H32N2O. The number of hydrogen-bond donors (Lipinski definition) is 1. The number of piperazine rings is 1. The van der Waals surface area contributed by atoms with Gasteiger partial charge in [-0.25, -0.2) is 0 Å². The third-order valence-electron chi connectivity index (χ3n) is 5.46. The maximum atomic E-state index is 5.59. The van der Waals surface area contributed by atoms with Crippen LogP contribution in [0.3, 0.4) is 0 Å². The minimum absolute atomic E-state index is 0.664. The van der Waals surface area contributed by atoms with Gasteiger partial charge in [-0.15, -0.1) is 0 Å². The van der Waals surface area contributed by atoms with Crippen LogP contribution in [-0.4, -0.2) is 49.3 Å². The van der Waals surface area contributed by atoms with Crippen molar-refractivity contribution in [2.75, 3.05) is 26.3 Å². The minimum atomic E-state index is 0.664. The van der Waals surface area contributed by atoms with E-state index in [4.69, 9.17) is 4.74 Å². The summed E-state index contributed by atoms with van der Waals surface area (Å²) in [6.07, 6.45) is 3.76. The molecule has 3 nitrogen and oxygen atoms in total. The Morgan fingerprint density at radius 1 is 1.32 bits per heavy atom. The first-order valence-corrected chi connectivity index (χ1v) is 8.24. The number of nitrogens with zero attached hydrogens (tertiary/aromatic N) is 1. The van der Waals surface area contributed by atoms with Gasteiger partial charge >= 0.3 is 0 Å². The van der Waals surface area contributed by atoms with Gasteiger partial charge in [-0.05, 0) is 31.6 Å². The molecule has 19 heavy (non-hydrogen) atoms. The molecule has 2 aliphatic rings. The fourth-order valence-corrected chi connectivity index (χ4v) is 3.59. The molecule has 5 atom stereocenters. The Morgan fingerprint density at radius 2 is 2.11 bits per heavy atom. The largest absolute Gasteiger partial charge is 0.381 e. The van der Waals surface area contributed by atoms with E-state index in [1.54, 1.807) is 0 Å². The van der Waals surface area contributed by atoms with Crippen LogP contribution in [0.15, 0.2) is 0 Å². The van der Waals surface area contributed by atoms with Crippen molar-refractivity contribution in [3.8, 4) is 0 Å². The Hall–Kier alpha value is -0.120. The lowest BCUT2D eigenvalue weighted by atomic mass is 9.90. The molecule has 2 heterocycles. The third-order valence-corrected chi connectivity index (χ3v) is 5.46. The Morgan fingerprint density at radius 3 is 2.68 bits per heavy atom. The standard InChI is InChI=1S/C16H32N2O/c1-5-12(3)16-10-18(15(6-2)9-17-16)13(4)14-7-8-19-11-14/h12-17H,5-11H2,1-4H3. The van der Waals surface area contributed by atoms with E-state index in [0.717, 1.165) is 31.6 Å². The summed E-state index contributed by atoms with van der Waals surface area (Å²) >= 11 is 0. The summed E-state index contributed by atoms with van der Waals surface area (Å²) in [7, 11) is 0. The van der Waals surface area contributed by atoms with E-state index in [1.165, 1.54) is 25.8 Å². The van der Waals surface area contributed by atoms with Crippen LogP contribution in [0.5, 0.6) is 0 Å². The normalized spacial score (nSPS) is 36.3. The Balaban J connectivity index is 2.00. The Kier molecular flexibility index (Phi) is 5.67. The molecule has 112 valence electrons. The maximum absolute atomic E-state index is 5.59. The van der Waals surface area contributed by atoms with Gasteiger partial charge in [-0.1, -0.05) is 27.2 Å². The molecule has 5 unspecified atom stereocenters. The predicted octanol–water partition coefficient (Wildman–Crippen LogP) is 2.51. The SMILES string of the molecule is CCC(C)C1CN(C(C)C2CCOC2)C(CC)CN1. The monoisotopic (exact) mass is 268 g/mol. The van der Waals surface area contributed by atoms with Gasteiger partial charge in [0.2, 0.25) is 0 Å². The number of rotatable bonds is 5. The quantitative estimate of drug-likeness (QED) is 0.829. The van der Waals surface area contributed by atoms with Crippen molar-refractivity contribution in [3.63, 3.8) is 0 Å². The highest BCUT2D eigenvalue weighted by Crippen LogP contribution is 2.26. The first-order chi connectivity index (χ1) is 9.17. The number of hydrogen-bond acceptors (Lipinski definition) is 3. The minimum Gasteiger partial charge on any atom is -0.381 e. The summed E-state index contributed by atoms with van der Waals surface area (Å²) < 4.78 is 5.59. The molecule has 0 spiro atoms. The summed E-state index contributed by atoms with van der Waals surface area (Å²) in [4.78, 5) is 2.77. The first kappa shape index (κ1) is 15.3. The molecule has 1 N–H and O–H groups in total. The molecule has 0 radical (unpaired) electrons. The predicted molar refractivity (Wildman–Crippen MR) is 80.4 cm³/mol. The van der Waals surface area contributed by atoms with Gasteiger partial charge in [-0.2, -0.15) is 0 Å². The van der Waals surface area contributed by atoms with Crippen LogP contribution in [-0.2, 0) is 4.74 Å². The molecule has 0 aromatic carbocycles. The second-order valence-electron chi connectivity index (χ2n) is 6.52. The second kappa shape index (κ2) is 7.05. The van der Waals surface area contributed by atoms with E-state index in [9.17, 15) is 0 Å².